The van der Waals surface area contributed by atoms with Crippen molar-refractivity contribution in [3.8, 4) is 11.4 Å². The van der Waals surface area contributed by atoms with Crippen LogP contribution >= 0.6 is 0 Å². The number of hydrogen-bond donors (Lipinski definition) is 0. The Bertz CT molecular complexity index is 1160. The molecule has 0 saturated carbocycles. The van der Waals surface area contributed by atoms with E-state index in [1.165, 1.54) is 28.1 Å². The monoisotopic (exact) mass is 392 g/mol. The molecular formula is C26H24N4. The van der Waals surface area contributed by atoms with Crippen LogP contribution in [0.15, 0.2) is 85.0 Å². The molecule has 0 spiro atoms. The van der Waals surface area contributed by atoms with Crippen LogP contribution in [0.3, 0.4) is 0 Å². The Kier molecular flexibility index (Phi) is 4.47. The van der Waals surface area contributed by atoms with Crippen LogP contribution in [0.2, 0.25) is 0 Å². The van der Waals surface area contributed by atoms with Crippen molar-refractivity contribution in [1.82, 2.24) is 14.9 Å². The van der Waals surface area contributed by atoms with Gasteiger partial charge in [-0.1, -0.05) is 29.8 Å². The van der Waals surface area contributed by atoms with E-state index in [9.17, 15) is 0 Å². The van der Waals surface area contributed by atoms with Gasteiger partial charge in [0, 0.05) is 29.8 Å². The quantitative estimate of drug-likeness (QED) is 0.581. The summed E-state index contributed by atoms with van der Waals surface area (Å²) in [4.78, 5) is 13.8. The first kappa shape index (κ1) is 18.4. The van der Waals surface area contributed by atoms with E-state index >= 15 is 0 Å². The standard InChI is InChI=1S/C26H24N4/c1-18-13-19(2)26(20(3)14-18)29-16-22-7-6-9-25(30(22)17-29)21-10-11-24(28-15-21)23-8-4-5-12-27-23/h4-16H,17H2,1-3H3. The summed E-state index contributed by atoms with van der Waals surface area (Å²) < 4.78 is 0. The third-order valence-corrected chi connectivity index (χ3v) is 5.61. The van der Waals surface area contributed by atoms with Gasteiger partial charge >= 0.3 is 0 Å². The maximum absolute atomic E-state index is 4.67. The molecule has 0 saturated heterocycles. The number of aromatic nitrogens is 2. The van der Waals surface area contributed by atoms with Gasteiger partial charge < -0.3 is 9.80 Å². The molecule has 2 aliphatic heterocycles. The molecule has 0 unspecified atom stereocenters. The molecule has 4 nitrogen and oxygen atoms in total. The van der Waals surface area contributed by atoms with Crippen molar-refractivity contribution in [1.29, 1.82) is 0 Å². The lowest BCUT2D eigenvalue weighted by Gasteiger charge is -2.28. The molecule has 3 aromatic rings. The topological polar surface area (TPSA) is 32.3 Å². The fourth-order valence-corrected chi connectivity index (χ4v) is 4.40. The number of rotatable bonds is 3. The second kappa shape index (κ2) is 7.30. The molecule has 0 amide bonds. The Balaban J connectivity index is 1.44. The van der Waals surface area contributed by atoms with E-state index in [1.807, 2.05) is 30.5 Å². The fraction of sp³-hybridized carbons (Fsp3) is 0.154. The van der Waals surface area contributed by atoms with Gasteiger partial charge in [0.15, 0.2) is 0 Å². The molecule has 30 heavy (non-hydrogen) atoms. The van der Waals surface area contributed by atoms with Crippen molar-refractivity contribution in [2.45, 2.75) is 20.8 Å². The second-order valence-electron chi connectivity index (χ2n) is 7.90. The first-order valence-corrected chi connectivity index (χ1v) is 10.2. The van der Waals surface area contributed by atoms with E-state index in [0.29, 0.717) is 0 Å². The number of benzene rings is 1. The summed E-state index contributed by atoms with van der Waals surface area (Å²) in [6.07, 6.45) is 12.4. The third kappa shape index (κ3) is 3.20. The lowest BCUT2D eigenvalue weighted by molar-refractivity contribution is 0.543. The molecule has 148 valence electrons. The van der Waals surface area contributed by atoms with Crippen LogP contribution in [0.5, 0.6) is 0 Å². The predicted octanol–water partition coefficient (Wildman–Crippen LogP) is 5.60. The van der Waals surface area contributed by atoms with Gasteiger partial charge in [-0.15, -0.1) is 0 Å². The molecule has 4 heterocycles. The first-order valence-electron chi connectivity index (χ1n) is 10.2. The summed E-state index contributed by atoms with van der Waals surface area (Å²) in [5.74, 6) is 0. The summed E-state index contributed by atoms with van der Waals surface area (Å²) in [5.41, 5.74) is 10.4. The lowest BCUT2D eigenvalue weighted by Crippen LogP contribution is -2.27. The van der Waals surface area contributed by atoms with Gasteiger partial charge in [0.05, 0.1) is 29.5 Å². The SMILES string of the molecule is Cc1cc(C)c(N2C=C3C=CC=C(c4ccc(-c5ccccn5)nc4)N3C2)c(C)c1. The zero-order chi connectivity index (χ0) is 20.7. The lowest BCUT2D eigenvalue weighted by atomic mass is 10.0. The number of allylic oxidation sites excluding steroid dienone is 3. The van der Waals surface area contributed by atoms with Crippen LogP contribution < -0.4 is 4.90 Å². The molecule has 0 bridgehead atoms. The van der Waals surface area contributed by atoms with Crippen LogP contribution in [0.4, 0.5) is 5.69 Å². The van der Waals surface area contributed by atoms with Crippen molar-refractivity contribution in [2.75, 3.05) is 11.6 Å². The van der Waals surface area contributed by atoms with Crippen LogP contribution in [0.25, 0.3) is 17.1 Å². The molecule has 2 aliphatic rings. The minimum atomic E-state index is 0.790. The van der Waals surface area contributed by atoms with Gasteiger partial charge in [0.2, 0.25) is 0 Å². The van der Waals surface area contributed by atoms with Crippen LogP contribution in [-0.2, 0) is 0 Å². The van der Waals surface area contributed by atoms with E-state index in [4.69, 9.17) is 0 Å². The maximum atomic E-state index is 4.67. The minimum absolute atomic E-state index is 0.790. The van der Waals surface area contributed by atoms with Crippen molar-refractivity contribution in [3.63, 3.8) is 0 Å². The zero-order valence-electron chi connectivity index (χ0n) is 17.5. The van der Waals surface area contributed by atoms with Crippen LogP contribution in [0, 0.1) is 20.8 Å². The number of fused-ring (bicyclic) bond motifs is 1. The van der Waals surface area contributed by atoms with Gasteiger partial charge in [0.25, 0.3) is 0 Å². The van der Waals surface area contributed by atoms with Crippen LogP contribution in [0.1, 0.15) is 22.3 Å². The summed E-state index contributed by atoms with van der Waals surface area (Å²) in [5, 5.41) is 0. The number of hydrogen-bond acceptors (Lipinski definition) is 4. The molecule has 0 fully saturated rings. The van der Waals surface area contributed by atoms with Crippen LogP contribution in [-0.4, -0.2) is 21.5 Å². The van der Waals surface area contributed by atoms with E-state index in [-0.39, 0.29) is 0 Å². The molecule has 5 rings (SSSR count). The highest BCUT2D eigenvalue weighted by atomic mass is 15.4. The van der Waals surface area contributed by atoms with E-state index in [0.717, 1.165) is 29.3 Å². The Morgan fingerprint density at radius 1 is 0.900 bits per heavy atom. The number of anilines is 1. The molecule has 0 radical (unpaired) electrons. The number of aryl methyl sites for hydroxylation is 3. The second-order valence-corrected chi connectivity index (χ2v) is 7.90. The van der Waals surface area contributed by atoms with Crippen molar-refractivity contribution >= 4 is 11.4 Å². The fourth-order valence-electron chi connectivity index (χ4n) is 4.40. The maximum Gasteiger partial charge on any atom is 0.0995 e. The average Bonchev–Trinajstić information content (AvgIpc) is 3.17. The summed E-state index contributed by atoms with van der Waals surface area (Å²) in [7, 11) is 0. The zero-order valence-corrected chi connectivity index (χ0v) is 17.5. The molecule has 0 aliphatic carbocycles. The third-order valence-electron chi connectivity index (χ3n) is 5.61. The molecule has 4 heteroatoms. The van der Waals surface area contributed by atoms with Crippen molar-refractivity contribution in [3.05, 3.63) is 107 Å². The highest BCUT2D eigenvalue weighted by Crippen LogP contribution is 2.36. The van der Waals surface area contributed by atoms with Gasteiger partial charge in [0.1, 0.15) is 0 Å². The molecule has 1 aromatic carbocycles. The number of pyridine rings is 2. The molecule has 0 N–H and O–H groups in total. The summed E-state index contributed by atoms with van der Waals surface area (Å²) >= 11 is 0. The van der Waals surface area contributed by atoms with Gasteiger partial charge in [-0.2, -0.15) is 0 Å². The molecule has 2 aromatic heterocycles. The first-order chi connectivity index (χ1) is 14.6. The highest BCUT2D eigenvalue weighted by Gasteiger charge is 2.27. The van der Waals surface area contributed by atoms with Gasteiger partial charge in [-0.3, -0.25) is 9.97 Å². The Morgan fingerprint density at radius 3 is 2.40 bits per heavy atom. The van der Waals surface area contributed by atoms with E-state index in [2.05, 4.69) is 83.2 Å². The smallest absolute Gasteiger partial charge is 0.0995 e. The Morgan fingerprint density at radius 2 is 1.70 bits per heavy atom. The molecule has 0 atom stereocenters. The van der Waals surface area contributed by atoms with Crippen molar-refractivity contribution in [2.24, 2.45) is 0 Å². The normalized spacial score (nSPS) is 15.2. The number of nitrogens with zero attached hydrogens (tertiary/aromatic N) is 4. The Hall–Kier alpha value is -3.66. The summed E-state index contributed by atoms with van der Waals surface area (Å²) in [6.45, 7) is 7.33. The van der Waals surface area contributed by atoms with Crippen molar-refractivity contribution < 1.29 is 0 Å². The minimum Gasteiger partial charge on any atom is -0.327 e. The largest absolute Gasteiger partial charge is 0.327 e. The highest BCUT2D eigenvalue weighted by molar-refractivity contribution is 5.73. The predicted molar refractivity (Wildman–Crippen MR) is 123 cm³/mol. The molecular weight excluding hydrogens is 368 g/mol. The Labute approximate surface area is 177 Å². The van der Waals surface area contributed by atoms with E-state index < -0.39 is 0 Å². The average molecular weight is 393 g/mol. The van der Waals surface area contributed by atoms with Gasteiger partial charge in [-0.25, -0.2) is 0 Å². The summed E-state index contributed by atoms with van der Waals surface area (Å²) in [6, 6.07) is 14.6. The van der Waals surface area contributed by atoms with E-state index in [1.54, 1.807) is 6.20 Å². The van der Waals surface area contributed by atoms with Gasteiger partial charge in [-0.05, 0) is 68.3 Å².